The Bertz CT molecular complexity index is 776. The van der Waals surface area contributed by atoms with E-state index < -0.39 is 12.1 Å². The van der Waals surface area contributed by atoms with Gasteiger partial charge in [0.1, 0.15) is 6.04 Å². The minimum absolute atomic E-state index is 0.146. The highest BCUT2D eigenvalue weighted by Gasteiger charge is 2.32. The number of benzene rings is 2. The van der Waals surface area contributed by atoms with Crippen LogP contribution in [0.4, 0.5) is 10.5 Å². The Morgan fingerprint density at radius 3 is 2.67 bits per heavy atom. The largest absolute Gasteiger partial charge is 0.450 e. The summed E-state index contributed by atoms with van der Waals surface area (Å²) < 4.78 is 5.23. The minimum atomic E-state index is -0.521. The quantitative estimate of drug-likeness (QED) is 0.840. The second kappa shape index (κ2) is 9.21. The molecule has 5 nitrogen and oxygen atoms in total. The molecule has 0 bridgehead atoms. The molecule has 3 rings (SSSR count). The number of nitrogens with zero attached hydrogens (tertiary/aromatic N) is 1. The van der Waals surface area contributed by atoms with Crippen LogP contribution in [-0.2, 0) is 22.4 Å². The number of fused-ring (bicyclic) bond motifs is 1. The molecule has 27 heavy (non-hydrogen) atoms. The number of hydrogen-bond donors (Lipinski definition) is 1. The third-order valence-electron chi connectivity index (χ3n) is 4.85. The average Bonchev–Trinajstić information content (AvgIpc) is 2.85. The Morgan fingerprint density at radius 2 is 1.89 bits per heavy atom. The third kappa shape index (κ3) is 4.88. The Labute approximate surface area is 160 Å². The zero-order chi connectivity index (χ0) is 19.1. The standard InChI is InChI=1S/C22H26N2O3/c1-2-27-22(26)24(16-8-11-17-9-4-3-5-10-17)20-15-14-18-12-6-7-13-19(18)23-21(20)25/h3-7,9-10,12-13,20H,2,8,11,14-16H2,1H3,(H,23,25)/t20-/m0/s1. The molecular formula is C22H26N2O3. The van der Waals surface area contributed by atoms with Crippen LogP contribution in [0.15, 0.2) is 54.6 Å². The monoisotopic (exact) mass is 366 g/mol. The molecule has 0 spiro atoms. The van der Waals surface area contributed by atoms with Crippen molar-refractivity contribution in [2.24, 2.45) is 0 Å². The van der Waals surface area contributed by atoms with Gasteiger partial charge in [0.05, 0.1) is 6.61 Å². The molecule has 142 valence electrons. The van der Waals surface area contributed by atoms with Gasteiger partial charge in [-0.3, -0.25) is 9.69 Å². The first kappa shape index (κ1) is 19.0. The van der Waals surface area contributed by atoms with Crippen LogP contribution < -0.4 is 5.32 Å². The summed E-state index contributed by atoms with van der Waals surface area (Å²) in [6.45, 7) is 2.56. The topological polar surface area (TPSA) is 58.6 Å². The molecule has 2 aromatic carbocycles. The van der Waals surface area contributed by atoms with Crippen LogP contribution in [0.2, 0.25) is 0 Å². The van der Waals surface area contributed by atoms with E-state index in [2.05, 4.69) is 17.4 Å². The number of anilines is 1. The Morgan fingerprint density at radius 1 is 1.15 bits per heavy atom. The lowest BCUT2D eigenvalue weighted by Gasteiger charge is -2.29. The summed E-state index contributed by atoms with van der Waals surface area (Å²) >= 11 is 0. The lowest BCUT2D eigenvalue weighted by Crippen LogP contribution is -2.47. The number of rotatable bonds is 6. The van der Waals surface area contributed by atoms with E-state index >= 15 is 0 Å². The van der Waals surface area contributed by atoms with E-state index in [1.807, 2.05) is 42.5 Å². The predicted molar refractivity (Wildman–Crippen MR) is 106 cm³/mol. The summed E-state index contributed by atoms with van der Waals surface area (Å²) in [6, 6.07) is 17.4. The van der Waals surface area contributed by atoms with Gasteiger partial charge < -0.3 is 10.1 Å². The van der Waals surface area contributed by atoms with Gasteiger partial charge in [-0.25, -0.2) is 4.79 Å². The molecule has 2 aromatic rings. The van der Waals surface area contributed by atoms with Gasteiger partial charge >= 0.3 is 6.09 Å². The van der Waals surface area contributed by atoms with Crippen molar-refractivity contribution < 1.29 is 14.3 Å². The van der Waals surface area contributed by atoms with Crippen molar-refractivity contribution in [2.45, 2.75) is 38.6 Å². The summed E-state index contributed by atoms with van der Waals surface area (Å²) in [4.78, 5) is 26.9. The normalized spacial score (nSPS) is 16.0. The van der Waals surface area contributed by atoms with E-state index in [1.54, 1.807) is 11.8 Å². The molecule has 0 radical (unpaired) electrons. The van der Waals surface area contributed by atoms with Crippen molar-refractivity contribution >= 4 is 17.7 Å². The summed E-state index contributed by atoms with van der Waals surface area (Å²) in [6.07, 6.45) is 2.54. The van der Waals surface area contributed by atoms with Crippen molar-refractivity contribution in [2.75, 3.05) is 18.5 Å². The van der Waals surface area contributed by atoms with Gasteiger partial charge in [0, 0.05) is 12.2 Å². The Kier molecular flexibility index (Phi) is 6.47. The molecule has 1 N–H and O–H groups in total. The summed E-state index contributed by atoms with van der Waals surface area (Å²) in [5.74, 6) is -0.146. The second-order valence-corrected chi connectivity index (χ2v) is 6.68. The van der Waals surface area contributed by atoms with Crippen molar-refractivity contribution in [3.63, 3.8) is 0 Å². The molecule has 0 saturated heterocycles. The number of carbonyl (C=O) groups is 2. The lowest BCUT2D eigenvalue weighted by atomic mass is 10.0. The molecule has 1 aliphatic heterocycles. The number of para-hydroxylation sites is 1. The fraction of sp³-hybridized carbons (Fsp3) is 0.364. The smallest absolute Gasteiger partial charge is 0.410 e. The zero-order valence-electron chi connectivity index (χ0n) is 15.7. The van der Waals surface area contributed by atoms with E-state index in [-0.39, 0.29) is 5.91 Å². The maximum absolute atomic E-state index is 12.8. The first-order valence-electron chi connectivity index (χ1n) is 9.55. The molecule has 1 aliphatic rings. The summed E-state index contributed by atoms with van der Waals surface area (Å²) in [5, 5.41) is 2.97. The first-order valence-corrected chi connectivity index (χ1v) is 9.55. The SMILES string of the molecule is CCOC(=O)N(CCCc1ccccc1)[C@H]1CCc2ccccc2NC1=O. The molecule has 0 saturated carbocycles. The number of hydrogen-bond acceptors (Lipinski definition) is 3. The van der Waals surface area contributed by atoms with Gasteiger partial charge in [0.25, 0.3) is 0 Å². The molecule has 0 aliphatic carbocycles. The van der Waals surface area contributed by atoms with E-state index in [1.165, 1.54) is 5.56 Å². The van der Waals surface area contributed by atoms with Crippen LogP contribution in [-0.4, -0.2) is 36.1 Å². The van der Waals surface area contributed by atoms with Crippen molar-refractivity contribution in [3.05, 3.63) is 65.7 Å². The molecule has 0 aromatic heterocycles. The maximum Gasteiger partial charge on any atom is 0.410 e. The number of amides is 2. The van der Waals surface area contributed by atoms with Crippen molar-refractivity contribution in [3.8, 4) is 0 Å². The molecule has 2 amide bonds. The molecule has 0 unspecified atom stereocenters. The number of nitrogens with one attached hydrogen (secondary N) is 1. The van der Waals surface area contributed by atoms with Crippen LogP contribution in [0.5, 0.6) is 0 Å². The molecular weight excluding hydrogens is 340 g/mol. The first-order chi connectivity index (χ1) is 13.2. The highest BCUT2D eigenvalue weighted by atomic mass is 16.6. The average molecular weight is 366 g/mol. The van der Waals surface area contributed by atoms with Crippen molar-refractivity contribution in [1.29, 1.82) is 0 Å². The number of aryl methyl sites for hydroxylation is 2. The van der Waals surface area contributed by atoms with Gasteiger partial charge in [-0.05, 0) is 49.8 Å². The van der Waals surface area contributed by atoms with Gasteiger partial charge in [0.2, 0.25) is 5.91 Å². The van der Waals surface area contributed by atoms with Crippen LogP contribution in [0, 0.1) is 0 Å². The molecule has 0 fully saturated rings. The van der Waals surface area contributed by atoms with E-state index in [4.69, 9.17) is 4.74 Å². The van der Waals surface area contributed by atoms with Crippen LogP contribution >= 0.6 is 0 Å². The zero-order valence-corrected chi connectivity index (χ0v) is 15.7. The lowest BCUT2D eigenvalue weighted by molar-refractivity contribution is -0.121. The van der Waals surface area contributed by atoms with Gasteiger partial charge in [-0.2, -0.15) is 0 Å². The molecule has 1 heterocycles. The predicted octanol–water partition coefficient (Wildman–Crippen LogP) is 4.03. The number of ether oxygens (including phenoxy) is 1. The van der Waals surface area contributed by atoms with Gasteiger partial charge in [0.15, 0.2) is 0 Å². The van der Waals surface area contributed by atoms with Crippen LogP contribution in [0.3, 0.4) is 0 Å². The highest BCUT2D eigenvalue weighted by Crippen LogP contribution is 2.24. The van der Waals surface area contributed by atoms with E-state index in [0.717, 1.165) is 30.5 Å². The number of carbonyl (C=O) groups excluding carboxylic acids is 2. The highest BCUT2D eigenvalue weighted by molar-refractivity contribution is 5.97. The van der Waals surface area contributed by atoms with Gasteiger partial charge in [-0.1, -0.05) is 48.5 Å². The maximum atomic E-state index is 12.8. The van der Waals surface area contributed by atoms with E-state index in [9.17, 15) is 9.59 Å². The Hall–Kier alpha value is -2.82. The second-order valence-electron chi connectivity index (χ2n) is 6.68. The summed E-state index contributed by atoms with van der Waals surface area (Å²) in [5.41, 5.74) is 3.15. The molecule has 5 heteroatoms. The van der Waals surface area contributed by atoms with Crippen LogP contribution in [0.1, 0.15) is 30.9 Å². The fourth-order valence-electron chi connectivity index (χ4n) is 3.48. The van der Waals surface area contributed by atoms with E-state index in [0.29, 0.717) is 19.6 Å². The summed E-state index contributed by atoms with van der Waals surface area (Å²) in [7, 11) is 0. The minimum Gasteiger partial charge on any atom is -0.450 e. The fourth-order valence-corrected chi connectivity index (χ4v) is 3.48. The van der Waals surface area contributed by atoms with Crippen LogP contribution in [0.25, 0.3) is 0 Å². The molecule has 1 atom stereocenters. The van der Waals surface area contributed by atoms with Crippen molar-refractivity contribution in [1.82, 2.24) is 4.90 Å². The van der Waals surface area contributed by atoms with Gasteiger partial charge in [-0.15, -0.1) is 0 Å². The third-order valence-corrected chi connectivity index (χ3v) is 4.85. The Balaban J connectivity index is 1.70.